The zero-order valence-corrected chi connectivity index (χ0v) is 23.8. The normalized spacial score (nSPS) is 16.4. The minimum Gasteiger partial charge on any atom is -0.507 e. The molecule has 1 aliphatic heterocycles. The first-order chi connectivity index (χ1) is 19.4. The van der Waals surface area contributed by atoms with Gasteiger partial charge in [-0.1, -0.05) is 65.1 Å². The van der Waals surface area contributed by atoms with Gasteiger partial charge in [-0.25, -0.2) is 0 Å². The second-order valence-electron chi connectivity index (χ2n) is 9.03. The minimum absolute atomic E-state index is 0.0344. The highest BCUT2D eigenvalue weighted by Gasteiger charge is 2.48. The highest BCUT2D eigenvalue weighted by molar-refractivity contribution is 8.00. The predicted octanol–water partition coefficient (Wildman–Crippen LogP) is 6.17. The van der Waals surface area contributed by atoms with E-state index in [1.54, 1.807) is 55.6 Å². The van der Waals surface area contributed by atoms with Crippen molar-refractivity contribution >= 4 is 45.7 Å². The molecule has 1 fully saturated rings. The smallest absolute Gasteiger partial charge is 0.301 e. The summed E-state index contributed by atoms with van der Waals surface area (Å²) in [5, 5.41) is 20.2. The number of methoxy groups -OCH3 is 1. The Hall–Kier alpha value is -4.15. The monoisotopic (exact) mass is 573 g/mol. The van der Waals surface area contributed by atoms with E-state index in [0.717, 1.165) is 5.56 Å². The molecule has 1 N–H and O–H groups in total. The zero-order chi connectivity index (χ0) is 28.2. The number of benzene rings is 3. The van der Waals surface area contributed by atoms with Gasteiger partial charge in [-0.15, -0.1) is 10.2 Å². The summed E-state index contributed by atoms with van der Waals surface area (Å²) in [4.78, 5) is 28.2. The quantitative estimate of drug-likeness (QED) is 0.0834. The number of ether oxygens (including phenoxy) is 2. The van der Waals surface area contributed by atoms with E-state index in [-0.39, 0.29) is 16.5 Å². The third-order valence-corrected chi connectivity index (χ3v) is 8.50. The van der Waals surface area contributed by atoms with Crippen molar-refractivity contribution in [2.45, 2.75) is 30.0 Å². The van der Waals surface area contributed by atoms with Crippen LogP contribution in [-0.2, 0) is 15.3 Å². The summed E-state index contributed by atoms with van der Waals surface area (Å²) in [7, 11) is 1.54. The lowest BCUT2D eigenvalue weighted by Crippen LogP contribution is -2.29. The summed E-state index contributed by atoms with van der Waals surface area (Å²) in [5.74, 6) is 0.000579. The van der Waals surface area contributed by atoms with Crippen molar-refractivity contribution in [3.63, 3.8) is 0 Å². The first-order valence-corrected chi connectivity index (χ1v) is 14.4. The molecule has 2 heterocycles. The zero-order valence-electron chi connectivity index (χ0n) is 22.2. The number of aromatic nitrogens is 2. The number of anilines is 1. The molecule has 0 bridgehead atoms. The second-order valence-corrected chi connectivity index (χ2v) is 11.2. The number of aliphatic hydroxyl groups is 1. The van der Waals surface area contributed by atoms with Gasteiger partial charge in [-0.3, -0.25) is 14.5 Å². The number of nitrogens with zero attached hydrogens (tertiary/aromatic N) is 3. The van der Waals surface area contributed by atoms with E-state index in [9.17, 15) is 14.7 Å². The topological polar surface area (TPSA) is 102 Å². The van der Waals surface area contributed by atoms with E-state index in [1.165, 1.54) is 33.6 Å². The van der Waals surface area contributed by atoms with E-state index in [1.807, 2.05) is 13.8 Å². The number of aryl methyl sites for hydroxylation is 1. The maximum atomic E-state index is 13.5. The van der Waals surface area contributed by atoms with Crippen molar-refractivity contribution in [2.24, 2.45) is 0 Å². The van der Waals surface area contributed by atoms with Crippen LogP contribution in [0.4, 0.5) is 5.13 Å². The van der Waals surface area contributed by atoms with Crippen LogP contribution in [0.1, 0.15) is 35.2 Å². The molecule has 5 rings (SSSR count). The van der Waals surface area contributed by atoms with Crippen LogP contribution in [-0.4, -0.2) is 40.7 Å². The van der Waals surface area contributed by atoms with Gasteiger partial charge < -0.3 is 14.6 Å². The average Bonchev–Trinajstić information content (AvgIpc) is 3.54. The van der Waals surface area contributed by atoms with Crippen LogP contribution in [0.25, 0.3) is 5.76 Å². The number of rotatable bonds is 9. The second kappa shape index (κ2) is 11.9. The molecular weight excluding hydrogens is 546 g/mol. The van der Waals surface area contributed by atoms with Crippen LogP contribution in [0.3, 0.4) is 0 Å². The molecule has 40 heavy (non-hydrogen) atoms. The van der Waals surface area contributed by atoms with Crippen molar-refractivity contribution in [1.82, 2.24) is 10.2 Å². The number of carbonyl (C=O) groups excluding carboxylic acids is 2. The van der Waals surface area contributed by atoms with E-state index in [2.05, 4.69) is 34.5 Å². The first kappa shape index (κ1) is 27.4. The van der Waals surface area contributed by atoms with Gasteiger partial charge in [-0.2, -0.15) is 0 Å². The molecule has 8 nitrogen and oxygen atoms in total. The Labute approximate surface area is 240 Å². The number of hydrogen-bond donors (Lipinski definition) is 1. The summed E-state index contributed by atoms with van der Waals surface area (Å²) < 4.78 is 11.6. The fourth-order valence-electron chi connectivity index (χ4n) is 4.38. The van der Waals surface area contributed by atoms with Gasteiger partial charge in [0.1, 0.15) is 17.3 Å². The van der Waals surface area contributed by atoms with Gasteiger partial charge in [0, 0.05) is 11.3 Å². The Kier molecular flexibility index (Phi) is 8.18. The van der Waals surface area contributed by atoms with Crippen molar-refractivity contribution in [2.75, 3.05) is 18.6 Å². The number of ketones is 1. The van der Waals surface area contributed by atoms with Gasteiger partial charge >= 0.3 is 5.91 Å². The van der Waals surface area contributed by atoms with Gasteiger partial charge in [0.2, 0.25) is 5.13 Å². The maximum absolute atomic E-state index is 13.5. The molecule has 1 atom stereocenters. The van der Waals surface area contributed by atoms with Crippen molar-refractivity contribution < 1.29 is 24.2 Å². The van der Waals surface area contributed by atoms with Gasteiger partial charge in [0.15, 0.2) is 4.34 Å². The summed E-state index contributed by atoms with van der Waals surface area (Å²) in [6, 6.07) is 21.1. The minimum atomic E-state index is -0.926. The molecule has 0 saturated carbocycles. The van der Waals surface area contributed by atoms with Crippen LogP contribution in [0.2, 0.25) is 0 Å². The fourth-order valence-corrected chi connectivity index (χ4v) is 6.20. The van der Waals surface area contributed by atoms with Crippen molar-refractivity contribution in [3.8, 4) is 11.5 Å². The molecule has 3 aromatic carbocycles. The average molecular weight is 574 g/mol. The standard InChI is InChI=1S/C30H27N3O5S2/c1-4-38-23-7-5-6-21(16-23)25-24(26(34)20-12-14-22(37-3)15-13-20)27(35)28(36)33(25)29-31-32-30(40-29)39-17-19-10-8-18(2)9-11-19/h5-16,25,34H,4,17H2,1-3H3/b26-24+. The molecule has 1 saturated heterocycles. The van der Waals surface area contributed by atoms with Crippen molar-refractivity contribution in [1.29, 1.82) is 0 Å². The lowest BCUT2D eigenvalue weighted by atomic mass is 9.95. The van der Waals surface area contributed by atoms with Crippen LogP contribution >= 0.6 is 23.1 Å². The largest absolute Gasteiger partial charge is 0.507 e. The summed E-state index contributed by atoms with van der Waals surface area (Å²) >= 11 is 2.73. The Balaban J connectivity index is 1.54. The third-order valence-electron chi connectivity index (χ3n) is 6.38. The van der Waals surface area contributed by atoms with E-state index in [4.69, 9.17) is 9.47 Å². The number of amides is 1. The molecule has 0 radical (unpaired) electrons. The molecule has 0 spiro atoms. The molecule has 204 valence electrons. The SMILES string of the molecule is CCOc1cccc(C2/C(=C(\O)c3ccc(OC)cc3)C(=O)C(=O)N2c2nnc(SCc3ccc(C)cc3)s2)c1. The van der Waals surface area contributed by atoms with Gasteiger partial charge in [0.05, 0.1) is 25.3 Å². The van der Waals surface area contributed by atoms with Crippen LogP contribution < -0.4 is 14.4 Å². The maximum Gasteiger partial charge on any atom is 0.301 e. The molecule has 1 unspecified atom stereocenters. The van der Waals surface area contributed by atoms with E-state index >= 15 is 0 Å². The summed E-state index contributed by atoms with van der Waals surface area (Å²) in [6.45, 7) is 4.37. The lowest BCUT2D eigenvalue weighted by Gasteiger charge is -2.23. The number of hydrogen-bond acceptors (Lipinski definition) is 9. The Bertz CT molecular complexity index is 1560. The lowest BCUT2D eigenvalue weighted by molar-refractivity contribution is -0.132. The van der Waals surface area contributed by atoms with Gasteiger partial charge in [-0.05, 0) is 61.4 Å². The Morgan fingerprint density at radius 2 is 1.77 bits per heavy atom. The third kappa shape index (κ3) is 5.59. The van der Waals surface area contributed by atoms with Crippen LogP contribution in [0.15, 0.2) is 82.7 Å². The van der Waals surface area contributed by atoms with Gasteiger partial charge in [0.25, 0.3) is 5.78 Å². The number of thioether (sulfide) groups is 1. The highest BCUT2D eigenvalue weighted by atomic mass is 32.2. The summed E-state index contributed by atoms with van der Waals surface area (Å²) in [5.41, 5.74) is 3.28. The van der Waals surface area contributed by atoms with E-state index in [0.29, 0.717) is 39.3 Å². The van der Waals surface area contributed by atoms with Crippen molar-refractivity contribution in [3.05, 3.63) is 101 Å². The van der Waals surface area contributed by atoms with Crippen LogP contribution in [0, 0.1) is 6.92 Å². The Morgan fingerprint density at radius 3 is 2.48 bits per heavy atom. The molecular formula is C30H27N3O5S2. The molecule has 1 aliphatic rings. The molecule has 10 heteroatoms. The fraction of sp³-hybridized carbons (Fsp3) is 0.200. The number of Topliss-reactive ketones (excluding diaryl/α,β-unsaturated/α-hetero) is 1. The van der Waals surface area contributed by atoms with Crippen LogP contribution in [0.5, 0.6) is 11.5 Å². The summed E-state index contributed by atoms with van der Waals surface area (Å²) in [6.07, 6.45) is 0. The number of aliphatic hydroxyl groups excluding tert-OH is 1. The Morgan fingerprint density at radius 1 is 1.02 bits per heavy atom. The molecule has 1 aromatic heterocycles. The highest BCUT2D eigenvalue weighted by Crippen LogP contribution is 2.44. The molecule has 0 aliphatic carbocycles. The number of carbonyl (C=O) groups is 2. The molecule has 4 aromatic rings. The molecule has 1 amide bonds. The predicted molar refractivity (Wildman–Crippen MR) is 156 cm³/mol. The van der Waals surface area contributed by atoms with E-state index < -0.39 is 17.7 Å². The first-order valence-electron chi connectivity index (χ1n) is 12.6.